The number of allylic oxidation sites excluding steroid dienone is 1. The standard InChI is InChI=1S/C28H35N3O5S/c1-6-35-26(33)20-9-8-12-30(15-20)23(32)14-21-16-37-28-29-19(5)24(27(34)36-7-2)25(31(21)28)22-13-17(3)10-11-18(22)4/h10-11,13,16,20,25H,6-9,12,14-15H2,1-5H3/t20-,25-/m1/s1. The molecule has 3 aliphatic rings. The topological polar surface area (TPSA) is 88.5 Å². The van der Waals surface area contributed by atoms with Crippen molar-refractivity contribution in [3.8, 4) is 0 Å². The Hall–Kier alpha value is -3.07. The van der Waals surface area contributed by atoms with E-state index >= 15 is 0 Å². The van der Waals surface area contributed by atoms with Gasteiger partial charge in [0.15, 0.2) is 5.17 Å². The molecule has 0 aliphatic carbocycles. The van der Waals surface area contributed by atoms with Crippen molar-refractivity contribution in [3.05, 3.63) is 57.3 Å². The van der Waals surface area contributed by atoms with Crippen LogP contribution in [0, 0.1) is 19.8 Å². The summed E-state index contributed by atoms with van der Waals surface area (Å²) in [7, 11) is 0. The highest BCUT2D eigenvalue weighted by atomic mass is 32.2. The third kappa shape index (κ3) is 5.61. The predicted molar refractivity (Wildman–Crippen MR) is 143 cm³/mol. The second-order valence-corrected chi connectivity index (χ2v) is 10.4. The first-order valence-electron chi connectivity index (χ1n) is 12.9. The molecule has 0 saturated carbocycles. The number of nitrogens with zero attached hydrogens (tertiary/aromatic N) is 3. The second kappa shape index (κ2) is 11.5. The number of ether oxygens (including phenoxy) is 2. The Bertz CT molecular complexity index is 1190. The molecule has 0 N–H and O–H groups in total. The van der Waals surface area contributed by atoms with Crippen LogP contribution >= 0.6 is 11.8 Å². The Morgan fingerprint density at radius 1 is 1.11 bits per heavy atom. The van der Waals surface area contributed by atoms with Crippen LogP contribution in [0.4, 0.5) is 0 Å². The SMILES string of the molecule is CCOC(=O)C1=C(C)N=C2SC=C(CC(=O)N3CCC[C@@H](C(=O)OCC)C3)N2[C@@H]1c1cc(C)ccc1C. The monoisotopic (exact) mass is 525 g/mol. The van der Waals surface area contributed by atoms with Crippen LogP contribution in [0.5, 0.6) is 0 Å². The summed E-state index contributed by atoms with van der Waals surface area (Å²) < 4.78 is 10.6. The Kier molecular flexibility index (Phi) is 8.42. The molecule has 1 aromatic carbocycles. The van der Waals surface area contributed by atoms with Gasteiger partial charge in [-0.1, -0.05) is 35.5 Å². The minimum absolute atomic E-state index is 0.0502. The van der Waals surface area contributed by atoms with Crippen molar-refractivity contribution in [2.24, 2.45) is 10.9 Å². The molecule has 0 radical (unpaired) electrons. The number of hydrogen-bond acceptors (Lipinski definition) is 8. The van der Waals surface area contributed by atoms with Crippen LogP contribution in [0.1, 0.15) is 62.8 Å². The van der Waals surface area contributed by atoms with E-state index in [0.717, 1.165) is 40.4 Å². The largest absolute Gasteiger partial charge is 0.466 e. The lowest BCUT2D eigenvalue weighted by atomic mass is 9.90. The van der Waals surface area contributed by atoms with Gasteiger partial charge in [-0.2, -0.15) is 0 Å². The molecule has 1 aromatic rings. The Labute approximate surface area is 222 Å². The predicted octanol–water partition coefficient (Wildman–Crippen LogP) is 4.63. The van der Waals surface area contributed by atoms with Crippen LogP contribution in [0.15, 0.2) is 45.6 Å². The highest BCUT2D eigenvalue weighted by Gasteiger charge is 2.42. The fourth-order valence-electron chi connectivity index (χ4n) is 5.11. The average Bonchev–Trinajstić information content (AvgIpc) is 3.26. The molecule has 0 unspecified atom stereocenters. The molecular weight excluding hydrogens is 490 g/mol. The van der Waals surface area contributed by atoms with Gasteiger partial charge >= 0.3 is 11.9 Å². The van der Waals surface area contributed by atoms with E-state index in [1.165, 1.54) is 11.8 Å². The van der Waals surface area contributed by atoms with Crippen molar-refractivity contribution in [3.63, 3.8) is 0 Å². The van der Waals surface area contributed by atoms with Crippen molar-refractivity contribution in [1.82, 2.24) is 9.80 Å². The van der Waals surface area contributed by atoms with Crippen molar-refractivity contribution in [2.45, 2.75) is 59.9 Å². The zero-order valence-corrected chi connectivity index (χ0v) is 23.0. The van der Waals surface area contributed by atoms with E-state index < -0.39 is 12.0 Å². The molecule has 4 rings (SSSR count). The molecule has 1 saturated heterocycles. The number of amidine groups is 1. The van der Waals surface area contributed by atoms with Gasteiger partial charge in [0.1, 0.15) is 0 Å². The molecule has 1 amide bonds. The zero-order chi connectivity index (χ0) is 26.7. The summed E-state index contributed by atoms with van der Waals surface area (Å²) in [6.07, 6.45) is 1.64. The van der Waals surface area contributed by atoms with E-state index in [9.17, 15) is 14.4 Å². The average molecular weight is 526 g/mol. The number of aliphatic imine (C=N–C) groups is 1. The normalized spacial score (nSPS) is 21.3. The molecule has 9 heteroatoms. The number of thioether (sulfide) groups is 1. The van der Waals surface area contributed by atoms with Crippen molar-refractivity contribution in [2.75, 3.05) is 26.3 Å². The van der Waals surface area contributed by atoms with Gasteiger partial charge in [-0.25, -0.2) is 9.79 Å². The Morgan fingerprint density at radius 2 is 1.86 bits per heavy atom. The molecule has 0 aromatic heterocycles. The second-order valence-electron chi connectivity index (χ2n) is 9.58. The number of likely N-dealkylation sites (tertiary alicyclic amines) is 1. The number of esters is 2. The minimum atomic E-state index is -0.450. The Morgan fingerprint density at radius 3 is 2.59 bits per heavy atom. The number of carbonyl (C=O) groups is 3. The first-order valence-corrected chi connectivity index (χ1v) is 13.8. The third-order valence-corrected chi connectivity index (χ3v) is 7.84. The summed E-state index contributed by atoms with van der Waals surface area (Å²) in [5, 5.41) is 2.69. The molecule has 0 spiro atoms. The number of amides is 1. The van der Waals surface area contributed by atoms with Crippen LogP contribution in [0.3, 0.4) is 0 Å². The zero-order valence-electron chi connectivity index (χ0n) is 22.2. The van der Waals surface area contributed by atoms with Gasteiger partial charge in [-0.05, 0) is 64.0 Å². The van der Waals surface area contributed by atoms with E-state index in [2.05, 4.69) is 12.1 Å². The van der Waals surface area contributed by atoms with Gasteiger partial charge in [0.25, 0.3) is 0 Å². The van der Waals surface area contributed by atoms with E-state index in [1.807, 2.05) is 37.1 Å². The summed E-state index contributed by atoms with van der Waals surface area (Å²) in [4.78, 5) is 47.4. The van der Waals surface area contributed by atoms with Gasteiger partial charge in [-0.3, -0.25) is 9.59 Å². The number of fused-ring (bicyclic) bond motifs is 1. The molecule has 3 heterocycles. The van der Waals surface area contributed by atoms with Gasteiger partial charge in [0.2, 0.25) is 5.91 Å². The smallest absolute Gasteiger partial charge is 0.338 e. The fourth-order valence-corrected chi connectivity index (χ4v) is 6.08. The van der Waals surface area contributed by atoms with Crippen molar-refractivity contribution < 1.29 is 23.9 Å². The number of aryl methyl sites for hydroxylation is 2. The maximum atomic E-state index is 13.5. The Balaban J connectivity index is 1.64. The van der Waals surface area contributed by atoms with E-state index in [-0.39, 0.29) is 30.8 Å². The number of benzene rings is 1. The molecule has 1 fully saturated rings. The van der Waals surface area contributed by atoms with E-state index in [0.29, 0.717) is 31.0 Å². The summed E-state index contributed by atoms with van der Waals surface area (Å²) in [6.45, 7) is 11.0. The number of rotatable bonds is 7. The van der Waals surface area contributed by atoms with E-state index in [1.54, 1.807) is 18.7 Å². The van der Waals surface area contributed by atoms with Crippen LogP contribution in [-0.2, 0) is 23.9 Å². The van der Waals surface area contributed by atoms with Crippen LogP contribution in [-0.4, -0.2) is 59.1 Å². The summed E-state index contributed by atoms with van der Waals surface area (Å²) in [6, 6.07) is 5.74. The lowest BCUT2D eigenvalue weighted by Crippen LogP contribution is -2.44. The lowest BCUT2D eigenvalue weighted by molar-refractivity contribution is -0.151. The first kappa shape index (κ1) is 27.0. The summed E-state index contributed by atoms with van der Waals surface area (Å²) in [5.74, 6) is -0.980. The summed E-state index contributed by atoms with van der Waals surface area (Å²) in [5.41, 5.74) is 5.00. The molecule has 8 nitrogen and oxygen atoms in total. The highest BCUT2D eigenvalue weighted by molar-refractivity contribution is 8.16. The van der Waals surface area contributed by atoms with Crippen LogP contribution in [0.25, 0.3) is 0 Å². The van der Waals surface area contributed by atoms with Gasteiger partial charge in [0.05, 0.1) is 42.9 Å². The molecule has 3 aliphatic heterocycles. The molecule has 0 bridgehead atoms. The molecular formula is C28H35N3O5S. The van der Waals surface area contributed by atoms with E-state index in [4.69, 9.17) is 14.5 Å². The lowest BCUT2D eigenvalue weighted by Gasteiger charge is -2.38. The minimum Gasteiger partial charge on any atom is -0.466 e. The third-order valence-electron chi connectivity index (χ3n) is 6.95. The molecule has 198 valence electrons. The van der Waals surface area contributed by atoms with Crippen LogP contribution < -0.4 is 0 Å². The molecule has 2 atom stereocenters. The number of hydrogen-bond donors (Lipinski definition) is 0. The van der Waals surface area contributed by atoms with Crippen molar-refractivity contribution >= 4 is 34.8 Å². The molecule has 37 heavy (non-hydrogen) atoms. The first-order chi connectivity index (χ1) is 17.7. The number of piperidine rings is 1. The maximum absolute atomic E-state index is 13.5. The van der Waals surface area contributed by atoms with Crippen LogP contribution in [0.2, 0.25) is 0 Å². The highest BCUT2D eigenvalue weighted by Crippen LogP contribution is 2.46. The fraction of sp³-hybridized carbons (Fsp3) is 0.500. The number of carbonyl (C=O) groups excluding carboxylic acids is 3. The summed E-state index contributed by atoms with van der Waals surface area (Å²) >= 11 is 1.46. The van der Waals surface area contributed by atoms with Gasteiger partial charge in [0, 0.05) is 18.8 Å². The van der Waals surface area contributed by atoms with Crippen molar-refractivity contribution in [1.29, 1.82) is 0 Å². The maximum Gasteiger partial charge on any atom is 0.338 e. The quantitative estimate of drug-likeness (QED) is 0.480. The van der Waals surface area contributed by atoms with Gasteiger partial charge < -0.3 is 19.3 Å². The van der Waals surface area contributed by atoms with Gasteiger partial charge in [-0.15, -0.1) is 0 Å².